The van der Waals surface area contributed by atoms with Crippen LogP contribution in [0.4, 0.5) is 0 Å². The van der Waals surface area contributed by atoms with Gasteiger partial charge in [0.2, 0.25) is 0 Å². The maximum atomic E-state index is 13.0. The summed E-state index contributed by atoms with van der Waals surface area (Å²) in [5.74, 6) is 6.36. The first-order valence-electron chi connectivity index (χ1n) is 11.9. The van der Waals surface area contributed by atoms with Gasteiger partial charge in [-0.15, -0.1) is 0 Å². The molecule has 168 valence electrons. The molecule has 2 heterocycles. The minimum absolute atomic E-state index is 0.0771. The molecule has 4 nitrogen and oxygen atoms in total. The first-order valence-corrected chi connectivity index (χ1v) is 11.9. The van der Waals surface area contributed by atoms with E-state index in [-0.39, 0.29) is 12.0 Å². The molecule has 32 heavy (non-hydrogen) atoms. The summed E-state index contributed by atoms with van der Waals surface area (Å²) in [5, 5.41) is 0. The largest absolute Gasteiger partial charge is 0.376 e. The van der Waals surface area contributed by atoms with Gasteiger partial charge in [-0.05, 0) is 74.9 Å². The molecular weight excluding hydrogens is 396 g/mol. The number of hydrogen-bond acceptors (Lipinski definition) is 3. The number of nitrogens with zero attached hydrogens (tertiary/aromatic N) is 2. The molecular formula is C28H34N2O2. The Labute approximate surface area is 192 Å². The maximum Gasteiger partial charge on any atom is 0.298 e. The highest BCUT2D eigenvalue weighted by Crippen LogP contribution is 2.22. The number of aryl methyl sites for hydroxylation is 1. The Bertz CT molecular complexity index is 933. The second-order valence-corrected chi connectivity index (χ2v) is 9.11. The van der Waals surface area contributed by atoms with Crippen LogP contribution in [0.25, 0.3) is 0 Å². The summed E-state index contributed by atoms with van der Waals surface area (Å²) in [6, 6.07) is 18.4. The Kier molecular flexibility index (Phi) is 7.98. The van der Waals surface area contributed by atoms with Gasteiger partial charge in [0.25, 0.3) is 5.91 Å². The van der Waals surface area contributed by atoms with Crippen LogP contribution in [0.1, 0.15) is 42.4 Å². The Hall–Kier alpha value is -2.61. The van der Waals surface area contributed by atoms with Crippen LogP contribution in [0, 0.1) is 24.7 Å². The predicted molar refractivity (Wildman–Crippen MR) is 128 cm³/mol. The van der Waals surface area contributed by atoms with Gasteiger partial charge in [0.1, 0.15) is 0 Å². The number of ether oxygens (including phenoxy) is 1. The van der Waals surface area contributed by atoms with Gasteiger partial charge < -0.3 is 9.64 Å². The van der Waals surface area contributed by atoms with Crippen molar-refractivity contribution < 1.29 is 9.53 Å². The molecule has 1 amide bonds. The predicted octanol–water partition coefficient (Wildman–Crippen LogP) is 4.27. The SMILES string of the molecule is Cc1ccccc1CN1CCC(CN(C[C@H]2CCCO2)C(=O)C#Cc2ccccc2)CC1. The van der Waals surface area contributed by atoms with Crippen LogP contribution >= 0.6 is 0 Å². The molecule has 4 rings (SSSR count). The number of hydrogen-bond donors (Lipinski definition) is 0. The summed E-state index contributed by atoms with van der Waals surface area (Å²) >= 11 is 0. The van der Waals surface area contributed by atoms with E-state index in [1.54, 1.807) is 0 Å². The monoisotopic (exact) mass is 430 g/mol. The van der Waals surface area contributed by atoms with E-state index in [0.29, 0.717) is 12.5 Å². The topological polar surface area (TPSA) is 32.8 Å². The van der Waals surface area contributed by atoms with Crippen molar-refractivity contribution in [2.24, 2.45) is 5.92 Å². The van der Waals surface area contributed by atoms with Gasteiger partial charge in [0, 0.05) is 37.7 Å². The number of benzene rings is 2. The number of piperidine rings is 1. The third kappa shape index (κ3) is 6.45. The molecule has 0 saturated carbocycles. The number of amides is 1. The van der Waals surface area contributed by atoms with Crippen molar-refractivity contribution in [2.75, 3.05) is 32.8 Å². The normalized spacial score (nSPS) is 19.3. The van der Waals surface area contributed by atoms with Crippen molar-refractivity contribution in [1.82, 2.24) is 9.80 Å². The first-order chi connectivity index (χ1) is 15.7. The van der Waals surface area contributed by atoms with E-state index in [1.807, 2.05) is 35.2 Å². The van der Waals surface area contributed by atoms with Gasteiger partial charge in [-0.3, -0.25) is 9.69 Å². The third-order valence-corrected chi connectivity index (χ3v) is 6.66. The molecule has 2 saturated heterocycles. The van der Waals surface area contributed by atoms with Gasteiger partial charge in [-0.1, -0.05) is 48.4 Å². The lowest BCUT2D eigenvalue weighted by atomic mass is 9.95. The van der Waals surface area contributed by atoms with Crippen molar-refractivity contribution in [3.63, 3.8) is 0 Å². The molecule has 2 aliphatic heterocycles. The van der Waals surface area contributed by atoms with Crippen LogP contribution < -0.4 is 0 Å². The molecule has 0 radical (unpaired) electrons. The second-order valence-electron chi connectivity index (χ2n) is 9.11. The van der Waals surface area contributed by atoms with Crippen molar-refractivity contribution >= 4 is 5.91 Å². The molecule has 0 N–H and O–H groups in total. The summed E-state index contributed by atoms with van der Waals surface area (Å²) in [4.78, 5) is 17.5. The highest BCUT2D eigenvalue weighted by atomic mass is 16.5. The molecule has 2 fully saturated rings. The van der Waals surface area contributed by atoms with Gasteiger partial charge in [-0.25, -0.2) is 0 Å². The molecule has 0 unspecified atom stereocenters. The molecule has 0 aliphatic carbocycles. The lowest BCUT2D eigenvalue weighted by Crippen LogP contribution is -2.43. The minimum atomic E-state index is -0.0771. The Balaban J connectivity index is 1.34. The third-order valence-electron chi connectivity index (χ3n) is 6.66. The zero-order valence-corrected chi connectivity index (χ0v) is 19.1. The van der Waals surface area contributed by atoms with Crippen LogP contribution in [0.2, 0.25) is 0 Å². The first kappa shape index (κ1) is 22.6. The summed E-state index contributed by atoms with van der Waals surface area (Å²) in [6.07, 6.45) is 4.50. The quantitative estimate of drug-likeness (QED) is 0.642. The zero-order valence-electron chi connectivity index (χ0n) is 19.1. The van der Waals surface area contributed by atoms with E-state index in [9.17, 15) is 4.79 Å². The zero-order chi connectivity index (χ0) is 22.2. The minimum Gasteiger partial charge on any atom is -0.376 e. The fraction of sp³-hybridized carbons (Fsp3) is 0.464. The van der Waals surface area contributed by atoms with E-state index in [0.717, 1.165) is 64.0 Å². The summed E-state index contributed by atoms with van der Waals surface area (Å²) in [7, 11) is 0. The van der Waals surface area contributed by atoms with Crippen molar-refractivity contribution in [3.8, 4) is 11.8 Å². The summed E-state index contributed by atoms with van der Waals surface area (Å²) in [5.41, 5.74) is 3.65. The van der Waals surface area contributed by atoms with Gasteiger partial charge >= 0.3 is 0 Å². The smallest absolute Gasteiger partial charge is 0.298 e. The van der Waals surface area contributed by atoms with Crippen molar-refractivity contribution in [1.29, 1.82) is 0 Å². The lowest BCUT2D eigenvalue weighted by Gasteiger charge is -2.35. The van der Waals surface area contributed by atoms with Gasteiger partial charge in [0.15, 0.2) is 0 Å². The van der Waals surface area contributed by atoms with Crippen LogP contribution in [0.3, 0.4) is 0 Å². The molecule has 0 bridgehead atoms. The van der Waals surface area contributed by atoms with Crippen molar-refractivity contribution in [2.45, 2.75) is 45.3 Å². The summed E-state index contributed by atoms with van der Waals surface area (Å²) < 4.78 is 5.83. The fourth-order valence-corrected chi connectivity index (χ4v) is 4.67. The second kappa shape index (κ2) is 11.3. The average Bonchev–Trinajstić information content (AvgIpc) is 3.34. The van der Waals surface area contributed by atoms with E-state index in [1.165, 1.54) is 11.1 Å². The van der Waals surface area contributed by atoms with E-state index < -0.39 is 0 Å². The standard InChI is InChI=1S/C28H34N2O2/c1-23-8-5-6-11-26(23)21-29-17-15-25(16-18-29)20-30(22-27-12-7-19-32-27)28(31)14-13-24-9-3-2-4-10-24/h2-6,8-11,25,27H,7,12,15-22H2,1H3/t27-/m1/s1. The Morgan fingerprint density at radius 3 is 2.50 bits per heavy atom. The van der Waals surface area contributed by atoms with Crippen LogP contribution in [0.15, 0.2) is 54.6 Å². The Morgan fingerprint density at radius 2 is 1.78 bits per heavy atom. The maximum absolute atomic E-state index is 13.0. The number of carbonyl (C=O) groups excluding carboxylic acids is 1. The molecule has 4 heteroatoms. The van der Waals surface area contributed by atoms with E-state index in [4.69, 9.17) is 4.74 Å². The van der Waals surface area contributed by atoms with Crippen LogP contribution in [-0.2, 0) is 16.1 Å². The van der Waals surface area contributed by atoms with Gasteiger partial charge in [-0.2, -0.15) is 0 Å². The number of rotatable bonds is 6. The van der Waals surface area contributed by atoms with E-state index in [2.05, 4.69) is 47.9 Å². The van der Waals surface area contributed by atoms with Crippen LogP contribution in [-0.4, -0.2) is 54.6 Å². The molecule has 1 atom stereocenters. The molecule has 2 aromatic rings. The Morgan fingerprint density at radius 1 is 1.03 bits per heavy atom. The summed E-state index contributed by atoms with van der Waals surface area (Å²) in [6.45, 7) is 7.60. The highest BCUT2D eigenvalue weighted by molar-refractivity contribution is 5.94. The van der Waals surface area contributed by atoms with Gasteiger partial charge in [0.05, 0.1) is 6.10 Å². The number of likely N-dealkylation sites (tertiary alicyclic amines) is 1. The lowest BCUT2D eigenvalue weighted by molar-refractivity contribution is -0.127. The van der Waals surface area contributed by atoms with E-state index >= 15 is 0 Å². The average molecular weight is 431 g/mol. The molecule has 2 aromatic carbocycles. The molecule has 0 aromatic heterocycles. The van der Waals surface area contributed by atoms with Crippen molar-refractivity contribution in [3.05, 3.63) is 71.3 Å². The molecule has 2 aliphatic rings. The highest BCUT2D eigenvalue weighted by Gasteiger charge is 2.26. The van der Waals surface area contributed by atoms with Crippen LogP contribution in [0.5, 0.6) is 0 Å². The molecule has 0 spiro atoms. The number of carbonyl (C=O) groups is 1. The fourth-order valence-electron chi connectivity index (χ4n) is 4.67.